The molecule has 1 unspecified atom stereocenters. The number of rotatable bonds is 4. The summed E-state index contributed by atoms with van der Waals surface area (Å²) in [6, 6.07) is 5.19. The largest absolute Gasteiger partial charge is 0.481 e. The number of halogens is 1. The number of ether oxygens (including phenoxy) is 1. The first-order chi connectivity index (χ1) is 8.56. The Morgan fingerprint density at radius 2 is 2.28 bits per heavy atom. The Bertz CT molecular complexity index is 489. The van der Waals surface area contributed by atoms with Crippen LogP contribution in [0.25, 0.3) is 0 Å². The third kappa shape index (κ3) is 2.92. The van der Waals surface area contributed by atoms with Crippen LogP contribution >= 0.6 is 11.6 Å². The molecule has 1 atom stereocenters. The number of fused-ring (bicyclic) bond motifs is 1. The fourth-order valence-electron chi connectivity index (χ4n) is 1.77. The Balaban J connectivity index is 1.90. The molecule has 2 N–H and O–H groups in total. The highest BCUT2D eigenvalue weighted by Gasteiger charge is 2.28. The molecule has 0 aliphatic carbocycles. The molecule has 0 aromatic heterocycles. The highest BCUT2D eigenvalue weighted by atomic mass is 35.5. The first-order valence-electron chi connectivity index (χ1n) is 5.51. The van der Waals surface area contributed by atoms with Gasteiger partial charge in [-0.2, -0.15) is 0 Å². The Hall–Kier alpha value is -1.75. The van der Waals surface area contributed by atoms with Gasteiger partial charge in [0.15, 0.2) is 6.10 Å². The van der Waals surface area contributed by atoms with Crippen LogP contribution in [0.2, 0.25) is 5.02 Å². The number of carboxylic acid groups (broad SMARTS) is 1. The molecule has 0 spiro atoms. The van der Waals surface area contributed by atoms with E-state index in [1.807, 2.05) is 0 Å². The molecule has 0 radical (unpaired) electrons. The molecule has 6 heteroatoms. The van der Waals surface area contributed by atoms with Crippen molar-refractivity contribution in [3.63, 3.8) is 0 Å². The second kappa shape index (κ2) is 5.27. The van der Waals surface area contributed by atoms with Gasteiger partial charge in [-0.15, -0.1) is 0 Å². The summed E-state index contributed by atoms with van der Waals surface area (Å²) >= 11 is 5.85. The van der Waals surface area contributed by atoms with Crippen molar-refractivity contribution in [2.75, 3.05) is 6.54 Å². The van der Waals surface area contributed by atoms with Gasteiger partial charge in [-0.25, -0.2) is 0 Å². The minimum atomic E-state index is -0.947. The SMILES string of the molecule is O=C(O)CCNC(=O)C1Cc2cc(Cl)ccc2O1. The molecule has 2 rings (SSSR count). The molecule has 1 aromatic rings. The summed E-state index contributed by atoms with van der Waals surface area (Å²) in [5.74, 6) is -0.598. The molecule has 0 fully saturated rings. The Kier molecular flexibility index (Phi) is 3.72. The van der Waals surface area contributed by atoms with Crippen molar-refractivity contribution >= 4 is 23.5 Å². The topological polar surface area (TPSA) is 75.6 Å². The van der Waals surface area contributed by atoms with E-state index in [4.69, 9.17) is 21.4 Å². The van der Waals surface area contributed by atoms with Crippen molar-refractivity contribution in [2.45, 2.75) is 18.9 Å². The van der Waals surface area contributed by atoms with E-state index in [2.05, 4.69) is 5.32 Å². The van der Waals surface area contributed by atoms with E-state index in [-0.39, 0.29) is 18.9 Å². The predicted octanol–water partition coefficient (Wildman–Crippen LogP) is 1.23. The lowest BCUT2D eigenvalue weighted by Crippen LogP contribution is -2.38. The van der Waals surface area contributed by atoms with Gasteiger partial charge in [0.05, 0.1) is 6.42 Å². The summed E-state index contributed by atoms with van der Waals surface area (Å²) in [5, 5.41) is 11.6. The molecule has 0 bridgehead atoms. The van der Waals surface area contributed by atoms with Crippen LogP contribution in [-0.2, 0) is 16.0 Å². The molecular weight excluding hydrogens is 258 g/mol. The molecule has 1 aliphatic rings. The van der Waals surface area contributed by atoms with E-state index in [0.717, 1.165) is 5.56 Å². The highest BCUT2D eigenvalue weighted by molar-refractivity contribution is 6.30. The number of carbonyl (C=O) groups is 2. The van der Waals surface area contributed by atoms with Crippen molar-refractivity contribution in [3.8, 4) is 5.75 Å². The quantitative estimate of drug-likeness (QED) is 0.862. The molecule has 1 heterocycles. The van der Waals surface area contributed by atoms with Gasteiger partial charge in [-0.1, -0.05) is 11.6 Å². The number of amides is 1. The third-order valence-electron chi connectivity index (χ3n) is 2.63. The molecule has 1 aliphatic heterocycles. The maximum Gasteiger partial charge on any atom is 0.305 e. The van der Waals surface area contributed by atoms with Gasteiger partial charge in [0.2, 0.25) is 0 Å². The summed E-state index contributed by atoms with van der Waals surface area (Å²) in [6.07, 6.45) is -0.251. The van der Waals surface area contributed by atoms with Crippen LogP contribution < -0.4 is 10.1 Å². The van der Waals surface area contributed by atoms with Gasteiger partial charge in [0.25, 0.3) is 5.91 Å². The van der Waals surface area contributed by atoms with E-state index in [0.29, 0.717) is 17.2 Å². The Labute approximate surface area is 109 Å². The zero-order chi connectivity index (χ0) is 13.1. The van der Waals surface area contributed by atoms with E-state index >= 15 is 0 Å². The molecular formula is C12H12ClNO4. The molecule has 96 valence electrons. The number of carbonyl (C=O) groups excluding carboxylic acids is 1. The summed E-state index contributed by atoms with van der Waals surface area (Å²) in [5.41, 5.74) is 0.890. The first-order valence-corrected chi connectivity index (χ1v) is 5.88. The van der Waals surface area contributed by atoms with Crippen LogP contribution in [0.4, 0.5) is 0 Å². The molecule has 5 nitrogen and oxygen atoms in total. The van der Waals surface area contributed by atoms with Gasteiger partial charge in [0, 0.05) is 18.0 Å². The molecule has 1 amide bonds. The van der Waals surface area contributed by atoms with Crippen molar-refractivity contribution in [3.05, 3.63) is 28.8 Å². The number of aliphatic carboxylic acids is 1. The van der Waals surface area contributed by atoms with Crippen LogP contribution in [0.1, 0.15) is 12.0 Å². The van der Waals surface area contributed by atoms with Crippen LogP contribution in [0.5, 0.6) is 5.75 Å². The fraction of sp³-hybridized carbons (Fsp3) is 0.333. The first kappa shape index (κ1) is 12.7. The number of nitrogens with one attached hydrogen (secondary N) is 1. The molecule has 1 aromatic carbocycles. The van der Waals surface area contributed by atoms with Gasteiger partial charge >= 0.3 is 5.97 Å². The standard InChI is InChI=1S/C12H12ClNO4/c13-8-1-2-9-7(5-8)6-10(18-9)12(17)14-4-3-11(15)16/h1-2,5,10H,3-4,6H2,(H,14,17)(H,15,16). The summed E-state index contributed by atoms with van der Waals surface area (Å²) in [4.78, 5) is 22.0. The van der Waals surface area contributed by atoms with Crippen molar-refractivity contribution < 1.29 is 19.4 Å². The van der Waals surface area contributed by atoms with Crippen LogP contribution in [-0.4, -0.2) is 29.6 Å². The summed E-state index contributed by atoms with van der Waals surface area (Å²) in [7, 11) is 0. The highest BCUT2D eigenvalue weighted by Crippen LogP contribution is 2.30. The molecule has 0 saturated heterocycles. The van der Waals surface area contributed by atoms with Gasteiger partial charge in [0.1, 0.15) is 5.75 Å². The lowest BCUT2D eigenvalue weighted by molar-refractivity contribution is -0.137. The Morgan fingerprint density at radius 3 is 3.00 bits per heavy atom. The van der Waals surface area contributed by atoms with E-state index in [1.54, 1.807) is 18.2 Å². The third-order valence-corrected chi connectivity index (χ3v) is 2.86. The second-order valence-electron chi connectivity index (χ2n) is 4.00. The van der Waals surface area contributed by atoms with Crippen molar-refractivity contribution in [1.82, 2.24) is 5.32 Å². The lowest BCUT2D eigenvalue weighted by atomic mass is 10.1. The van der Waals surface area contributed by atoms with Crippen LogP contribution in [0, 0.1) is 0 Å². The van der Waals surface area contributed by atoms with Crippen LogP contribution in [0.15, 0.2) is 18.2 Å². The average Bonchev–Trinajstić information content (AvgIpc) is 2.71. The Morgan fingerprint density at radius 1 is 1.50 bits per heavy atom. The second-order valence-corrected chi connectivity index (χ2v) is 4.43. The van der Waals surface area contributed by atoms with Crippen LogP contribution in [0.3, 0.4) is 0 Å². The fourth-order valence-corrected chi connectivity index (χ4v) is 1.96. The monoisotopic (exact) mass is 269 g/mol. The maximum atomic E-state index is 11.7. The minimum absolute atomic E-state index is 0.1000. The predicted molar refractivity (Wildman–Crippen MR) is 64.8 cm³/mol. The van der Waals surface area contributed by atoms with E-state index in [1.165, 1.54) is 0 Å². The number of hydrogen-bond acceptors (Lipinski definition) is 3. The van der Waals surface area contributed by atoms with Crippen molar-refractivity contribution in [2.24, 2.45) is 0 Å². The van der Waals surface area contributed by atoms with E-state index < -0.39 is 12.1 Å². The lowest BCUT2D eigenvalue weighted by Gasteiger charge is -2.10. The summed E-state index contributed by atoms with van der Waals surface area (Å²) < 4.78 is 5.46. The minimum Gasteiger partial charge on any atom is -0.481 e. The molecule has 0 saturated carbocycles. The van der Waals surface area contributed by atoms with Crippen molar-refractivity contribution in [1.29, 1.82) is 0 Å². The summed E-state index contributed by atoms with van der Waals surface area (Å²) in [6.45, 7) is 0.102. The zero-order valence-corrected chi connectivity index (χ0v) is 10.2. The van der Waals surface area contributed by atoms with E-state index in [9.17, 15) is 9.59 Å². The van der Waals surface area contributed by atoms with Gasteiger partial charge in [-0.05, 0) is 23.8 Å². The average molecular weight is 270 g/mol. The number of benzene rings is 1. The smallest absolute Gasteiger partial charge is 0.305 e. The maximum absolute atomic E-state index is 11.7. The normalized spacial score (nSPS) is 16.8. The van der Waals surface area contributed by atoms with Gasteiger partial charge < -0.3 is 15.2 Å². The number of hydrogen-bond donors (Lipinski definition) is 2. The van der Waals surface area contributed by atoms with Gasteiger partial charge in [-0.3, -0.25) is 9.59 Å². The molecule has 18 heavy (non-hydrogen) atoms. The zero-order valence-electron chi connectivity index (χ0n) is 9.48. The number of carboxylic acids is 1.